The molecule has 0 bridgehead atoms. The molecule has 152 valence electrons. The van der Waals surface area contributed by atoms with E-state index in [4.69, 9.17) is 0 Å². The molecule has 4 rings (SSSR count). The van der Waals surface area contributed by atoms with Crippen LogP contribution in [0.1, 0.15) is 6.42 Å². The Labute approximate surface area is 170 Å². The van der Waals surface area contributed by atoms with Gasteiger partial charge in [-0.15, -0.1) is 0 Å². The van der Waals surface area contributed by atoms with Crippen LogP contribution < -0.4 is 15.1 Å². The SMILES string of the molecule is O=C(NC[C@H]1CC(=O)N(c2ccccc2)C1)N1CCN(c2ccccc2O)CC1. The number of anilines is 2. The van der Waals surface area contributed by atoms with Crippen molar-refractivity contribution < 1.29 is 14.7 Å². The van der Waals surface area contributed by atoms with Gasteiger partial charge in [0.2, 0.25) is 5.91 Å². The van der Waals surface area contributed by atoms with Gasteiger partial charge in [-0.3, -0.25) is 4.79 Å². The topological polar surface area (TPSA) is 76.1 Å². The summed E-state index contributed by atoms with van der Waals surface area (Å²) in [7, 11) is 0. The van der Waals surface area contributed by atoms with Gasteiger partial charge in [0.15, 0.2) is 0 Å². The summed E-state index contributed by atoms with van der Waals surface area (Å²) in [6, 6.07) is 16.8. The van der Waals surface area contributed by atoms with Gasteiger partial charge < -0.3 is 25.1 Å². The Kier molecular flexibility index (Phi) is 5.55. The molecule has 29 heavy (non-hydrogen) atoms. The average Bonchev–Trinajstić information content (AvgIpc) is 3.14. The number of benzene rings is 2. The van der Waals surface area contributed by atoms with Crippen LogP contribution in [0.2, 0.25) is 0 Å². The van der Waals surface area contributed by atoms with E-state index in [0.717, 1.165) is 11.4 Å². The molecule has 3 amide bonds. The summed E-state index contributed by atoms with van der Waals surface area (Å²) in [5.41, 5.74) is 1.71. The van der Waals surface area contributed by atoms with Gasteiger partial charge in [0.05, 0.1) is 5.69 Å². The predicted octanol–water partition coefficient (Wildman–Crippen LogP) is 2.28. The summed E-state index contributed by atoms with van der Waals surface area (Å²) in [6.45, 7) is 3.67. The molecule has 0 aliphatic carbocycles. The number of carbonyl (C=O) groups excluding carboxylic acids is 2. The summed E-state index contributed by atoms with van der Waals surface area (Å²) in [5, 5.41) is 13.0. The lowest BCUT2D eigenvalue weighted by Gasteiger charge is -2.36. The van der Waals surface area contributed by atoms with E-state index in [1.54, 1.807) is 21.9 Å². The number of hydrogen-bond donors (Lipinski definition) is 2. The van der Waals surface area contributed by atoms with Crippen molar-refractivity contribution in [2.75, 3.05) is 49.1 Å². The Balaban J connectivity index is 1.25. The highest BCUT2D eigenvalue weighted by molar-refractivity contribution is 5.95. The van der Waals surface area contributed by atoms with Crippen molar-refractivity contribution in [1.29, 1.82) is 0 Å². The Bertz CT molecular complexity index is 865. The quantitative estimate of drug-likeness (QED) is 0.834. The molecule has 2 aromatic rings. The number of amides is 3. The Morgan fingerprint density at radius 2 is 1.69 bits per heavy atom. The number of carbonyl (C=O) groups is 2. The first-order valence-corrected chi connectivity index (χ1v) is 10.0. The number of piperazine rings is 1. The third kappa shape index (κ3) is 4.29. The Hall–Kier alpha value is -3.22. The highest BCUT2D eigenvalue weighted by Gasteiger charge is 2.31. The summed E-state index contributed by atoms with van der Waals surface area (Å²) < 4.78 is 0. The second-order valence-electron chi connectivity index (χ2n) is 7.56. The van der Waals surface area contributed by atoms with Crippen molar-refractivity contribution in [3.05, 3.63) is 54.6 Å². The number of urea groups is 1. The Morgan fingerprint density at radius 1 is 1.00 bits per heavy atom. The van der Waals surface area contributed by atoms with E-state index in [1.807, 2.05) is 42.5 Å². The molecule has 0 spiro atoms. The molecule has 2 aliphatic heterocycles. The summed E-state index contributed by atoms with van der Waals surface area (Å²) >= 11 is 0. The third-order valence-electron chi connectivity index (χ3n) is 5.60. The molecule has 0 radical (unpaired) electrons. The van der Waals surface area contributed by atoms with Crippen LogP contribution in [0.4, 0.5) is 16.2 Å². The lowest BCUT2D eigenvalue weighted by molar-refractivity contribution is -0.117. The first kappa shape index (κ1) is 19.1. The molecule has 2 aromatic carbocycles. The molecular formula is C22H26N4O3. The monoisotopic (exact) mass is 394 g/mol. The van der Waals surface area contributed by atoms with Gasteiger partial charge in [-0.05, 0) is 24.3 Å². The van der Waals surface area contributed by atoms with Gasteiger partial charge in [0.25, 0.3) is 0 Å². The Morgan fingerprint density at radius 3 is 2.41 bits per heavy atom. The zero-order chi connectivity index (χ0) is 20.2. The zero-order valence-electron chi connectivity index (χ0n) is 16.3. The van der Waals surface area contributed by atoms with Crippen LogP contribution in [-0.2, 0) is 4.79 Å². The molecule has 2 heterocycles. The molecule has 2 saturated heterocycles. The molecular weight excluding hydrogens is 368 g/mol. The number of rotatable bonds is 4. The zero-order valence-corrected chi connectivity index (χ0v) is 16.3. The van der Waals surface area contributed by atoms with Crippen LogP contribution in [0.5, 0.6) is 5.75 Å². The van der Waals surface area contributed by atoms with E-state index in [0.29, 0.717) is 45.7 Å². The molecule has 2 fully saturated rings. The number of aromatic hydroxyl groups is 1. The van der Waals surface area contributed by atoms with Gasteiger partial charge in [0.1, 0.15) is 5.75 Å². The van der Waals surface area contributed by atoms with Crippen molar-refractivity contribution in [3.8, 4) is 5.75 Å². The fraction of sp³-hybridized carbons (Fsp3) is 0.364. The van der Waals surface area contributed by atoms with Crippen LogP contribution in [-0.4, -0.2) is 61.2 Å². The van der Waals surface area contributed by atoms with Gasteiger partial charge in [-0.1, -0.05) is 30.3 Å². The van der Waals surface area contributed by atoms with E-state index in [-0.39, 0.29) is 23.6 Å². The number of phenols is 1. The van der Waals surface area contributed by atoms with Gasteiger partial charge >= 0.3 is 6.03 Å². The number of para-hydroxylation sites is 3. The molecule has 2 N–H and O–H groups in total. The standard InChI is InChI=1S/C22H26N4O3/c27-20-9-5-4-8-19(20)24-10-12-25(13-11-24)22(29)23-15-17-14-21(28)26(16-17)18-6-2-1-3-7-18/h1-9,17,27H,10-16H2,(H,23,29)/t17-/m1/s1. The minimum atomic E-state index is -0.0902. The first-order valence-electron chi connectivity index (χ1n) is 10.0. The molecule has 7 heteroatoms. The highest BCUT2D eigenvalue weighted by Crippen LogP contribution is 2.27. The molecule has 7 nitrogen and oxygen atoms in total. The largest absolute Gasteiger partial charge is 0.506 e. The second-order valence-corrected chi connectivity index (χ2v) is 7.56. The fourth-order valence-electron chi connectivity index (χ4n) is 4.00. The molecule has 1 atom stereocenters. The van der Waals surface area contributed by atoms with Crippen LogP contribution >= 0.6 is 0 Å². The highest BCUT2D eigenvalue weighted by atomic mass is 16.3. The summed E-state index contributed by atoms with van der Waals surface area (Å²) in [4.78, 5) is 30.5. The third-order valence-corrected chi connectivity index (χ3v) is 5.60. The van der Waals surface area contributed by atoms with Gasteiger partial charge in [-0.25, -0.2) is 4.79 Å². The van der Waals surface area contributed by atoms with E-state index in [1.165, 1.54) is 0 Å². The van der Waals surface area contributed by atoms with Crippen molar-refractivity contribution in [1.82, 2.24) is 10.2 Å². The van der Waals surface area contributed by atoms with Crippen LogP contribution in [0, 0.1) is 5.92 Å². The second kappa shape index (κ2) is 8.43. The smallest absolute Gasteiger partial charge is 0.317 e. The normalized spacial score (nSPS) is 19.5. The lowest BCUT2D eigenvalue weighted by atomic mass is 10.1. The number of nitrogens with zero attached hydrogens (tertiary/aromatic N) is 3. The maximum atomic E-state index is 12.5. The summed E-state index contributed by atoms with van der Waals surface area (Å²) in [5.74, 6) is 0.486. The fourth-order valence-corrected chi connectivity index (χ4v) is 4.00. The maximum Gasteiger partial charge on any atom is 0.317 e. The molecule has 0 aromatic heterocycles. The average molecular weight is 394 g/mol. The van der Waals surface area contributed by atoms with E-state index in [9.17, 15) is 14.7 Å². The van der Waals surface area contributed by atoms with Crippen LogP contribution in [0.25, 0.3) is 0 Å². The van der Waals surface area contributed by atoms with Crippen LogP contribution in [0.3, 0.4) is 0 Å². The van der Waals surface area contributed by atoms with E-state index in [2.05, 4.69) is 10.2 Å². The van der Waals surface area contributed by atoms with Crippen LogP contribution in [0.15, 0.2) is 54.6 Å². The lowest BCUT2D eigenvalue weighted by Crippen LogP contribution is -2.52. The van der Waals surface area contributed by atoms with E-state index < -0.39 is 0 Å². The number of hydrogen-bond acceptors (Lipinski definition) is 4. The number of nitrogens with one attached hydrogen (secondary N) is 1. The molecule has 0 saturated carbocycles. The summed E-state index contributed by atoms with van der Waals surface area (Å²) in [6.07, 6.45) is 0.455. The van der Waals surface area contributed by atoms with E-state index >= 15 is 0 Å². The van der Waals surface area contributed by atoms with Crippen molar-refractivity contribution in [2.45, 2.75) is 6.42 Å². The molecule has 2 aliphatic rings. The van der Waals surface area contributed by atoms with Gasteiger partial charge in [0, 0.05) is 57.3 Å². The minimum absolute atomic E-state index is 0.0902. The first-order chi connectivity index (χ1) is 14.1. The van der Waals surface area contributed by atoms with Gasteiger partial charge in [-0.2, -0.15) is 0 Å². The van der Waals surface area contributed by atoms with Crippen molar-refractivity contribution >= 4 is 23.3 Å². The number of phenolic OH excluding ortho intramolecular Hbond substituents is 1. The molecule has 0 unspecified atom stereocenters. The van der Waals surface area contributed by atoms with Crippen molar-refractivity contribution in [2.24, 2.45) is 5.92 Å². The van der Waals surface area contributed by atoms with Crippen molar-refractivity contribution in [3.63, 3.8) is 0 Å². The minimum Gasteiger partial charge on any atom is -0.506 e. The maximum absolute atomic E-state index is 12.5. The predicted molar refractivity (Wildman–Crippen MR) is 112 cm³/mol.